The van der Waals surface area contributed by atoms with Crippen molar-refractivity contribution in [2.75, 3.05) is 0 Å². The summed E-state index contributed by atoms with van der Waals surface area (Å²) in [6.07, 6.45) is 3.33. The SMILES string of the molecule is Cc1cccc(C(=O)c2nccn2C)c1Cl. The van der Waals surface area contributed by atoms with Crippen LogP contribution >= 0.6 is 11.6 Å². The number of carbonyl (C=O) groups is 1. The molecule has 0 spiro atoms. The molecule has 0 bridgehead atoms. The van der Waals surface area contributed by atoms with Crippen molar-refractivity contribution in [1.29, 1.82) is 0 Å². The van der Waals surface area contributed by atoms with E-state index < -0.39 is 0 Å². The molecule has 0 radical (unpaired) electrons. The first kappa shape index (κ1) is 10.9. The van der Waals surface area contributed by atoms with Gasteiger partial charge in [-0.05, 0) is 18.6 Å². The third-order valence-corrected chi connectivity index (χ3v) is 2.96. The van der Waals surface area contributed by atoms with Crippen LogP contribution in [0.4, 0.5) is 0 Å². The lowest BCUT2D eigenvalue weighted by molar-refractivity contribution is 0.102. The molecule has 0 N–H and O–H groups in total. The third-order valence-electron chi connectivity index (χ3n) is 2.46. The number of benzene rings is 1. The molecule has 0 atom stereocenters. The van der Waals surface area contributed by atoms with Crippen LogP contribution in [0.5, 0.6) is 0 Å². The average Bonchev–Trinajstić information content (AvgIpc) is 2.68. The first-order chi connectivity index (χ1) is 7.61. The van der Waals surface area contributed by atoms with Crippen molar-refractivity contribution in [2.24, 2.45) is 7.05 Å². The van der Waals surface area contributed by atoms with E-state index in [1.807, 2.05) is 19.1 Å². The molecule has 3 nitrogen and oxygen atoms in total. The normalized spacial score (nSPS) is 10.4. The Kier molecular flexibility index (Phi) is 2.79. The summed E-state index contributed by atoms with van der Waals surface area (Å²) in [4.78, 5) is 16.2. The van der Waals surface area contributed by atoms with Crippen LogP contribution in [0.15, 0.2) is 30.6 Å². The molecule has 1 aromatic heterocycles. The molecule has 2 aromatic rings. The molecule has 0 saturated heterocycles. The number of ketones is 1. The zero-order chi connectivity index (χ0) is 11.7. The molecule has 0 aliphatic rings. The molecule has 0 aliphatic carbocycles. The summed E-state index contributed by atoms with van der Waals surface area (Å²) in [6.45, 7) is 1.87. The van der Waals surface area contributed by atoms with Gasteiger partial charge in [-0.1, -0.05) is 23.7 Å². The highest BCUT2D eigenvalue weighted by molar-refractivity contribution is 6.35. The van der Waals surface area contributed by atoms with Crippen molar-refractivity contribution in [3.63, 3.8) is 0 Å². The first-order valence-electron chi connectivity index (χ1n) is 4.88. The van der Waals surface area contributed by atoms with E-state index in [9.17, 15) is 4.79 Å². The number of halogens is 1. The Morgan fingerprint density at radius 3 is 2.81 bits per heavy atom. The van der Waals surface area contributed by atoms with Gasteiger partial charge < -0.3 is 4.57 Å². The van der Waals surface area contributed by atoms with E-state index in [0.717, 1.165) is 5.56 Å². The second-order valence-electron chi connectivity index (χ2n) is 3.63. The Bertz CT molecular complexity index is 546. The number of nitrogens with zero attached hydrogens (tertiary/aromatic N) is 2. The second kappa shape index (κ2) is 4.10. The second-order valence-corrected chi connectivity index (χ2v) is 4.01. The molecule has 2 rings (SSSR count). The molecule has 0 saturated carbocycles. The molecule has 0 unspecified atom stereocenters. The Balaban J connectivity index is 2.50. The van der Waals surface area contributed by atoms with Crippen LogP contribution in [0.1, 0.15) is 21.7 Å². The minimum absolute atomic E-state index is 0.152. The molecule has 16 heavy (non-hydrogen) atoms. The fraction of sp³-hybridized carbons (Fsp3) is 0.167. The number of carbonyl (C=O) groups excluding carboxylic acids is 1. The predicted molar refractivity (Wildman–Crippen MR) is 62.8 cm³/mol. The minimum Gasteiger partial charge on any atom is -0.331 e. The van der Waals surface area contributed by atoms with Crippen molar-refractivity contribution in [2.45, 2.75) is 6.92 Å². The largest absolute Gasteiger partial charge is 0.331 e. The lowest BCUT2D eigenvalue weighted by Crippen LogP contribution is -2.09. The summed E-state index contributed by atoms with van der Waals surface area (Å²) in [5.41, 5.74) is 1.39. The van der Waals surface area contributed by atoms with Crippen LogP contribution in [0, 0.1) is 6.92 Å². The molecule has 4 heteroatoms. The van der Waals surface area contributed by atoms with Gasteiger partial charge in [-0.2, -0.15) is 0 Å². The summed E-state index contributed by atoms with van der Waals surface area (Å²) in [6, 6.07) is 5.40. The lowest BCUT2D eigenvalue weighted by Gasteiger charge is -2.05. The van der Waals surface area contributed by atoms with Gasteiger partial charge >= 0.3 is 0 Å². The van der Waals surface area contributed by atoms with E-state index in [4.69, 9.17) is 11.6 Å². The van der Waals surface area contributed by atoms with Crippen LogP contribution in [0.3, 0.4) is 0 Å². The van der Waals surface area contributed by atoms with Crippen LogP contribution in [-0.4, -0.2) is 15.3 Å². The van der Waals surface area contributed by atoms with E-state index in [1.54, 1.807) is 30.1 Å². The number of hydrogen-bond donors (Lipinski definition) is 0. The van der Waals surface area contributed by atoms with Crippen LogP contribution in [0.25, 0.3) is 0 Å². The molecule has 1 heterocycles. The summed E-state index contributed by atoms with van der Waals surface area (Å²) < 4.78 is 1.68. The zero-order valence-electron chi connectivity index (χ0n) is 9.07. The molecule has 0 amide bonds. The molecule has 0 aliphatic heterocycles. The highest BCUT2D eigenvalue weighted by Gasteiger charge is 2.17. The smallest absolute Gasteiger partial charge is 0.229 e. The molecule has 1 aromatic carbocycles. The van der Waals surface area contributed by atoms with E-state index in [1.165, 1.54) is 0 Å². The van der Waals surface area contributed by atoms with Gasteiger partial charge in [0.2, 0.25) is 5.78 Å². The Morgan fingerprint density at radius 2 is 2.19 bits per heavy atom. The first-order valence-corrected chi connectivity index (χ1v) is 5.26. The van der Waals surface area contributed by atoms with Gasteiger partial charge in [0.15, 0.2) is 5.82 Å². The summed E-state index contributed by atoms with van der Waals surface area (Å²) in [5, 5.41) is 0.496. The van der Waals surface area contributed by atoms with Gasteiger partial charge in [-0.3, -0.25) is 4.79 Å². The highest BCUT2D eigenvalue weighted by Crippen LogP contribution is 2.22. The molecule has 82 valence electrons. The molecule has 0 fully saturated rings. The standard InChI is InChI=1S/C12H11ClN2O/c1-8-4-3-5-9(10(8)13)11(16)12-14-6-7-15(12)2/h3-7H,1-2H3. The van der Waals surface area contributed by atoms with E-state index in [2.05, 4.69) is 4.98 Å². The van der Waals surface area contributed by atoms with Crippen molar-refractivity contribution < 1.29 is 4.79 Å². The predicted octanol–water partition coefficient (Wildman–Crippen LogP) is 2.61. The van der Waals surface area contributed by atoms with Gasteiger partial charge in [-0.15, -0.1) is 0 Å². The maximum Gasteiger partial charge on any atom is 0.229 e. The fourth-order valence-electron chi connectivity index (χ4n) is 1.53. The van der Waals surface area contributed by atoms with Gasteiger partial charge in [0.05, 0.1) is 5.02 Å². The quantitative estimate of drug-likeness (QED) is 0.749. The van der Waals surface area contributed by atoms with Crippen LogP contribution in [0.2, 0.25) is 5.02 Å². The Hall–Kier alpha value is -1.61. The maximum atomic E-state index is 12.1. The van der Waals surface area contributed by atoms with Gasteiger partial charge in [0.25, 0.3) is 0 Å². The van der Waals surface area contributed by atoms with E-state index in [-0.39, 0.29) is 5.78 Å². The van der Waals surface area contributed by atoms with Crippen molar-refractivity contribution >= 4 is 17.4 Å². The third kappa shape index (κ3) is 1.74. The van der Waals surface area contributed by atoms with Gasteiger partial charge in [0, 0.05) is 25.0 Å². The number of aromatic nitrogens is 2. The van der Waals surface area contributed by atoms with Crippen LogP contribution < -0.4 is 0 Å². The lowest BCUT2D eigenvalue weighted by atomic mass is 10.1. The van der Waals surface area contributed by atoms with Crippen LogP contribution in [-0.2, 0) is 7.05 Å². The summed E-state index contributed by atoms with van der Waals surface area (Å²) in [5.74, 6) is 0.244. The Morgan fingerprint density at radius 1 is 1.44 bits per heavy atom. The minimum atomic E-state index is -0.152. The topological polar surface area (TPSA) is 34.9 Å². The number of aryl methyl sites for hydroxylation is 2. The van der Waals surface area contributed by atoms with Crippen molar-refractivity contribution in [3.05, 3.63) is 52.6 Å². The number of rotatable bonds is 2. The van der Waals surface area contributed by atoms with Gasteiger partial charge in [0.1, 0.15) is 0 Å². The average molecular weight is 235 g/mol. The van der Waals surface area contributed by atoms with Crippen molar-refractivity contribution in [3.8, 4) is 0 Å². The summed E-state index contributed by atoms with van der Waals surface area (Å²) >= 11 is 6.10. The highest BCUT2D eigenvalue weighted by atomic mass is 35.5. The van der Waals surface area contributed by atoms with E-state index in [0.29, 0.717) is 16.4 Å². The van der Waals surface area contributed by atoms with Gasteiger partial charge in [-0.25, -0.2) is 4.98 Å². The number of imidazole rings is 1. The molecular formula is C12H11ClN2O. The fourth-order valence-corrected chi connectivity index (χ4v) is 1.74. The Labute approximate surface area is 98.7 Å². The maximum absolute atomic E-state index is 12.1. The van der Waals surface area contributed by atoms with E-state index >= 15 is 0 Å². The number of hydrogen-bond acceptors (Lipinski definition) is 2. The van der Waals surface area contributed by atoms with Crippen molar-refractivity contribution in [1.82, 2.24) is 9.55 Å². The summed E-state index contributed by atoms with van der Waals surface area (Å²) in [7, 11) is 1.78. The molecular weight excluding hydrogens is 224 g/mol. The zero-order valence-corrected chi connectivity index (χ0v) is 9.82. The monoisotopic (exact) mass is 234 g/mol.